The quantitative estimate of drug-likeness (QED) is 0.219. The first-order chi connectivity index (χ1) is 17.3. The molecule has 0 N–H and O–H groups in total. The van der Waals surface area contributed by atoms with E-state index < -0.39 is 0 Å². The second-order valence-electron chi connectivity index (χ2n) is 12.3. The van der Waals surface area contributed by atoms with Gasteiger partial charge in [0.25, 0.3) is 0 Å². The summed E-state index contributed by atoms with van der Waals surface area (Å²) in [5.74, 6) is 5.65. The molecular weight excluding hydrogens is 428 g/mol. The standard InChI is InChI=1S/C33H52O2/c1-3-5-7-9-11-13-21-34-32-28-24-15-17-25(18-16-24)29(28)33(35-22-14-12-10-8-6-4-2)31-27-20-19-26(23-27)30(31)32/h24-27H,3-23H2,1-2H3. The molecule has 0 saturated heterocycles. The lowest BCUT2D eigenvalue weighted by Crippen LogP contribution is -2.26. The van der Waals surface area contributed by atoms with Crippen molar-refractivity contribution in [3.8, 4) is 11.5 Å². The Morgan fingerprint density at radius 2 is 0.800 bits per heavy atom. The molecule has 5 aliphatic rings. The van der Waals surface area contributed by atoms with E-state index in [0.29, 0.717) is 0 Å². The third-order valence-electron chi connectivity index (χ3n) is 9.84. The van der Waals surface area contributed by atoms with Crippen LogP contribution in [0.25, 0.3) is 0 Å². The van der Waals surface area contributed by atoms with Crippen molar-refractivity contribution in [3.05, 3.63) is 22.3 Å². The highest BCUT2D eigenvalue weighted by Crippen LogP contribution is 2.65. The van der Waals surface area contributed by atoms with E-state index in [0.717, 1.165) is 36.9 Å². The first-order valence-corrected chi connectivity index (χ1v) is 15.8. The Kier molecular flexibility index (Phi) is 9.01. The molecule has 0 spiro atoms. The van der Waals surface area contributed by atoms with Gasteiger partial charge in [0, 0.05) is 22.3 Å². The number of ether oxygens (including phenoxy) is 2. The van der Waals surface area contributed by atoms with E-state index >= 15 is 0 Å². The minimum Gasteiger partial charge on any atom is -0.493 e. The van der Waals surface area contributed by atoms with Gasteiger partial charge in [-0.1, -0.05) is 78.1 Å². The van der Waals surface area contributed by atoms with E-state index in [-0.39, 0.29) is 0 Å². The Hall–Kier alpha value is -1.18. The predicted molar refractivity (Wildman–Crippen MR) is 147 cm³/mol. The van der Waals surface area contributed by atoms with Crippen LogP contribution in [0.3, 0.4) is 0 Å². The van der Waals surface area contributed by atoms with E-state index in [1.807, 2.05) is 0 Å². The van der Waals surface area contributed by atoms with Gasteiger partial charge in [-0.05, 0) is 81.5 Å². The zero-order valence-electron chi connectivity index (χ0n) is 23.0. The summed E-state index contributed by atoms with van der Waals surface area (Å²) < 4.78 is 13.7. The van der Waals surface area contributed by atoms with E-state index in [1.54, 1.807) is 22.3 Å². The first-order valence-electron chi connectivity index (χ1n) is 15.8. The van der Waals surface area contributed by atoms with Gasteiger partial charge in [-0.3, -0.25) is 0 Å². The van der Waals surface area contributed by atoms with E-state index in [2.05, 4.69) is 13.8 Å². The van der Waals surface area contributed by atoms with Crippen molar-refractivity contribution >= 4 is 0 Å². The van der Waals surface area contributed by atoms with Gasteiger partial charge in [-0.15, -0.1) is 0 Å². The summed E-state index contributed by atoms with van der Waals surface area (Å²) >= 11 is 0. The molecular formula is C33H52O2. The maximum absolute atomic E-state index is 6.84. The van der Waals surface area contributed by atoms with Gasteiger partial charge < -0.3 is 9.47 Å². The summed E-state index contributed by atoms with van der Waals surface area (Å²) in [5, 5.41) is 0. The van der Waals surface area contributed by atoms with Crippen LogP contribution in [-0.4, -0.2) is 13.2 Å². The van der Waals surface area contributed by atoms with Crippen LogP contribution < -0.4 is 9.47 Å². The summed E-state index contributed by atoms with van der Waals surface area (Å²) in [6, 6.07) is 0. The molecule has 196 valence electrons. The largest absolute Gasteiger partial charge is 0.493 e. The highest BCUT2D eigenvalue weighted by molar-refractivity contribution is 5.67. The van der Waals surface area contributed by atoms with Gasteiger partial charge in [0.15, 0.2) is 0 Å². The van der Waals surface area contributed by atoms with Crippen molar-refractivity contribution in [1.82, 2.24) is 0 Å². The maximum Gasteiger partial charge on any atom is 0.127 e. The van der Waals surface area contributed by atoms with Crippen molar-refractivity contribution < 1.29 is 9.47 Å². The van der Waals surface area contributed by atoms with Gasteiger partial charge >= 0.3 is 0 Å². The number of hydrogen-bond donors (Lipinski definition) is 0. The van der Waals surface area contributed by atoms with E-state index in [4.69, 9.17) is 9.47 Å². The lowest BCUT2D eigenvalue weighted by atomic mass is 9.64. The molecule has 0 radical (unpaired) electrons. The van der Waals surface area contributed by atoms with Crippen LogP contribution in [-0.2, 0) is 0 Å². The minimum absolute atomic E-state index is 0.718. The third kappa shape index (κ3) is 5.42. The predicted octanol–water partition coefficient (Wildman–Crippen LogP) is 10.3. The zero-order chi connectivity index (χ0) is 24.0. The molecule has 0 amide bonds. The Balaban J connectivity index is 1.35. The molecule has 2 saturated carbocycles. The van der Waals surface area contributed by atoms with Crippen LogP contribution >= 0.6 is 0 Å². The van der Waals surface area contributed by atoms with Crippen molar-refractivity contribution in [3.63, 3.8) is 0 Å². The number of unbranched alkanes of at least 4 members (excludes halogenated alkanes) is 10. The van der Waals surface area contributed by atoms with Crippen molar-refractivity contribution in [2.24, 2.45) is 0 Å². The summed E-state index contributed by atoms with van der Waals surface area (Å²) in [7, 11) is 0. The fraction of sp³-hybridized carbons (Fsp3) is 0.818. The van der Waals surface area contributed by atoms with E-state index in [9.17, 15) is 0 Å². The molecule has 2 atom stereocenters. The lowest BCUT2D eigenvalue weighted by molar-refractivity contribution is 0.261. The zero-order valence-corrected chi connectivity index (χ0v) is 23.0. The van der Waals surface area contributed by atoms with Crippen LogP contribution in [0.2, 0.25) is 0 Å². The molecule has 0 aliphatic heterocycles. The summed E-state index contributed by atoms with van der Waals surface area (Å²) in [6.07, 6.45) is 25.6. The van der Waals surface area contributed by atoms with E-state index in [1.165, 1.54) is 133 Å². The highest BCUT2D eigenvalue weighted by Gasteiger charge is 2.47. The average molecular weight is 481 g/mol. The fourth-order valence-electron chi connectivity index (χ4n) is 8.00. The summed E-state index contributed by atoms with van der Waals surface area (Å²) in [5.41, 5.74) is 6.50. The summed E-state index contributed by atoms with van der Waals surface area (Å²) in [6.45, 7) is 6.43. The molecule has 2 nitrogen and oxygen atoms in total. The smallest absolute Gasteiger partial charge is 0.127 e. The number of rotatable bonds is 16. The third-order valence-corrected chi connectivity index (χ3v) is 9.84. The van der Waals surface area contributed by atoms with Crippen LogP contribution in [0.5, 0.6) is 11.5 Å². The molecule has 6 rings (SSSR count). The van der Waals surface area contributed by atoms with Gasteiger partial charge in [0.1, 0.15) is 11.5 Å². The SMILES string of the molecule is CCCCCCCCOc1c2c(c(OCCCCCCCC)c3c1C1CCC3C1)C1CCC2CC1. The molecule has 1 aromatic carbocycles. The number of hydrogen-bond acceptors (Lipinski definition) is 2. The molecule has 4 bridgehead atoms. The average Bonchev–Trinajstić information content (AvgIpc) is 3.51. The molecule has 2 unspecified atom stereocenters. The molecule has 35 heavy (non-hydrogen) atoms. The second-order valence-corrected chi connectivity index (χ2v) is 12.3. The Morgan fingerprint density at radius 3 is 1.23 bits per heavy atom. The van der Waals surface area contributed by atoms with Crippen LogP contribution in [0, 0.1) is 0 Å². The molecule has 2 heteroatoms. The topological polar surface area (TPSA) is 18.5 Å². The van der Waals surface area contributed by atoms with Gasteiger partial charge in [-0.2, -0.15) is 0 Å². The Labute approximate surface area is 215 Å². The van der Waals surface area contributed by atoms with Crippen molar-refractivity contribution in [2.75, 3.05) is 13.2 Å². The molecule has 5 aliphatic carbocycles. The van der Waals surface area contributed by atoms with Crippen LogP contribution in [0.1, 0.15) is 182 Å². The van der Waals surface area contributed by atoms with Crippen LogP contribution in [0.4, 0.5) is 0 Å². The highest BCUT2D eigenvalue weighted by atomic mass is 16.5. The van der Waals surface area contributed by atoms with Gasteiger partial charge in [0.2, 0.25) is 0 Å². The Bertz CT molecular complexity index is 752. The normalized spacial score (nSPS) is 25.7. The lowest BCUT2D eigenvalue weighted by Gasteiger charge is -2.42. The van der Waals surface area contributed by atoms with Gasteiger partial charge in [0.05, 0.1) is 13.2 Å². The number of fused-ring (bicyclic) bond motifs is 7. The Morgan fingerprint density at radius 1 is 0.457 bits per heavy atom. The number of benzene rings is 1. The molecule has 0 heterocycles. The van der Waals surface area contributed by atoms with Crippen molar-refractivity contribution in [1.29, 1.82) is 0 Å². The fourth-order valence-corrected chi connectivity index (χ4v) is 8.00. The first kappa shape index (κ1) is 25.5. The van der Waals surface area contributed by atoms with Gasteiger partial charge in [-0.25, -0.2) is 0 Å². The monoisotopic (exact) mass is 480 g/mol. The second kappa shape index (κ2) is 12.4. The molecule has 0 aromatic heterocycles. The van der Waals surface area contributed by atoms with Crippen molar-refractivity contribution in [2.45, 2.75) is 160 Å². The molecule has 1 aromatic rings. The minimum atomic E-state index is 0.718. The summed E-state index contributed by atoms with van der Waals surface area (Å²) in [4.78, 5) is 0. The van der Waals surface area contributed by atoms with Crippen LogP contribution in [0.15, 0.2) is 0 Å². The molecule has 2 fully saturated rings. The maximum atomic E-state index is 6.84.